The van der Waals surface area contributed by atoms with Gasteiger partial charge < -0.3 is 14.6 Å². The quantitative estimate of drug-likeness (QED) is 0.589. The average Bonchev–Trinajstić information content (AvgIpc) is 3.54. The number of likely N-dealkylation sites (tertiary alicyclic amines) is 1. The van der Waals surface area contributed by atoms with Crippen LogP contribution in [0.3, 0.4) is 0 Å². The fourth-order valence-corrected chi connectivity index (χ4v) is 6.67. The second-order valence-corrected chi connectivity index (χ2v) is 10.9. The van der Waals surface area contributed by atoms with E-state index in [1.54, 1.807) is 12.0 Å². The van der Waals surface area contributed by atoms with E-state index in [0.29, 0.717) is 32.1 Å². The molecule has 1 amide bonds. The average molecular weight is 486 g/mol. The van der Waals surface area contributed by atoms with Crippen molar-refractivity contribution in [1.82, 2.24) is 14.2 Å². The van der Waals surface area contributed by atoms with Crippen molar-refractivity contribution in [3.8, 4) is 5.75 Å². The Bertz CT molecular complexity index is 1320. The summed E-state index contributed by atoms with van der Waals surface area (Å²) in [6.45, 7) is 1.86. The van der Waals surface area contributed by atoms with Crippen LogP contribution in [0.4, 0.5) is 4.39 Å². The molecule has 0 spiro atoms. The van der Waals surface area contributed by atoms with Crippen LogP contribution < -0.4 is 4.74 Å². The Hall–Kier alpha value is -2.91. The molecule has 7 nitrogen and oxygen atoms in total. The Kier molecular flexibility index (Phi) is 6.07. The lowest BCUT2D eigenvalue weighted by Gasteiger charge is -2.32. The molecule has 3 aromatic rings. The highest BCUT2D eigenvalue weighted by atomic mass is 32.2. The van der Waals surface area contributed by atoms with Gasteiger partial charge >= 0.3 is 0 Å². The summed E-state index contributed by atoms with van der Waals surface area (Å²) in [7, 11) is -2.30. The van der Waals surface area contributed by atoms with E-state index < -0.39 is 20.7 Å². The highest BCUT2D eigenvalue weighted by Crippen LogP contribution is 2.35. The number of aromatic amines is 1. The molecule has 0 atom stereocenters. The van der Waals surface area contributed by atoms with Crippen LogP contribution in [0.25, 0.3) is 10.9 Å². The van der Waals surface area contributed by atoms with Crippen molar-refractivity contribution in [2.75, 3.05) is 33.3 Å². The van der Waals surface area contributed by atoms with Crippen molar-refractivity contribution in [2.45, 2.75) is 36.5 Å². The van der Waals surface area contributed by atoms with Crippen molar-refractivity contribution < 1.29 is 22.3 Å². The van der Waals surface area contributed by atoms with Crippen molar-refractivity contribution >= 4 is 26.8 Å². The van der Waals surface area contributed by atoms with E-state index in [-0.39, 0.29) is 11.5 Å². The molecule has 1 N–H and O–H groups in total. The molecule has 2 fully saturated rings. The number of amides is 1. The van der Waals surface area contributed by atoms with Crippen LogP contribution >= 0.6 is 0 Å². The van der Waals surface area contributed by atoms with E-state index in [0.717, 1.165) is 48.4 Å². The minimum absolute atomic E-state index is 0.203. The molecular weight excluding hydrogens is 457 g/mol. The lowest BCUT2D eigenvalue weighted by atomic mass is 9.89. The topological polar surface area (TPSA) is 82.7 Å². The van der Waals surface area contributed by atoms with Gasteiger partial charge in [-0.1, -0.05) is 0 Å². The number of halogens is 1. The van der Waals surface area contributed by atoms with Gasteiger partial charge in [0.15, 0.2) is 0 Å². The summed E-state index contributed by atoms with van der Waals surface area (Å²) in [6, 6.07) is 9.60. The zero-order valence-electron chi connectivity index (χ0n) is 19.1. The number of fused-ring (bicyclic) bond motifs is 1. The van der Waals surface area contributed by atoms with Gasteiger partial charge in [-0.25, -0.2) is 12.8 Å². The van der Waals surface area contributed by atoms with Crippen molar-refractivity contribution in [3.63, 3.8) is 0 Å². The standard InChI is InChI=1S/C25H28FN3O4S/c1-33-19-5-7-23-20(15-19)21(16-27-23)17-8-12-28(13-9-17)25(30)18-4-6-22(26)24(14-18)34(31,32)29-10-2-3-11-29/h4-7,14-17,27H,2-3,8-13H2,1H3. The monoisotopic (exact) mass is 485 g/mol. The van der Waals surface area contributed by atoms with Crippen LogP contribution in [0.5, 0.6) is 5.75 Å². The molecule has 0 radical (unpaired) electrons. The number of aromatic nitrogens is 1. The highest BCUT2D eigenvalue weighted by molar-refractivity contribution is 7.89. The number of nitrogens with one attached hydrogen (secondary N) is 1. The Balaban J connectivity index is 1.32. The highest BCUT2D eigenvalue weighted by Gasteiger charge is 2.32. The number of ether oxygens (including phenoxy) is 1. The number of carbonyl (C=O) groups is 1. The first-order valence-corrected chi connectivity index (χ1v) is 13.1. The lowest BCUT2D eigenvalue weighted by Crippen LogP contribution is -2.38. The molecular formula is C25H28FN3O4S. The Morgan fingerprint density at radius 3 is 2.50 bits per heavy atom. The van der Waals surface area contributed by atoms with Crippen molar-refractivity contribution in [1.29, 1.82) is 0 Å². The first kappa shape index (κ1) is 22.9. The SMILES string of the molecule is COc1ccc2[nH]cc(C3CCN(C(=O)c4ccc(F)c(S(=O)(=O)N5CCCC5)c4)CC3)c2c1. The van der Waals surface area contributed by atoms with Crippen LogP contribution in [0.1, 0.15) is 47.5 Å². The summed E-state index contributed by atoms with van der Waals surface area (Å²) < 4.78 is 46.9. The Morgan fingerprint density at radius 1 is 1.06 bits per heavy atom. The van der Waals surface area contributed by atoms with Gasteiger partial charge in [-0.3, -0.25) is 4.79 Å². The van der Waals surface area contributed by atoms with Gasteiger partial charge in [0.1, 0.15) is 16.5 Å². The molecule has 3 heterocycles. The van der Waals surface area contributed by atoms with E-state index >= 15 is 0 Å². The Labute approximate surface area is 198 Å². The second-order valence-electron chi connectivity index (χ2n) is 8.98. The summed E-state index contributed by atoms with van der Waals surface area (Å²) in [5.41, 5.74) is 2.46. The minimum Gasteiger partial charge on any atom is -0.497 e. The van der Waals surface area contributed by atoms with Crippen molar-refractivity contribution in [3.05, 3.63) is 59.5 Å². The number of benzene rings is 2. The molecule has 0 bridgehead atoms. The van der Waals surface area contributed by atoms with Crippen LogP contribution in [-0.2, 0) is 10.0 Å². The normalized spacial score (nSPS) is 18.0. The number of sulfonamides is 1. The molecule has 2 aromatic carbocycles. The molecule has 180 valence electrons. The van der Waals surface area contributed by atoms with Crippen molar-refractivity contribution in [2.24, 2.45) is 0 Å². The molecule has 2 aliphatic heterocycles. The van der Waals surface area contributed by atoms with Gasteiger partial charge in [0.25, 0.3) is 5.91 Å². The minimum atomic E-state index is -3.95. The molecule has 2 saturated heterocycles. The van der Waals surface area contributed by atoms with E-state index in [2.05, 4.69) is 4.98 Å². The summed E-state index contributed by atoms with van der Waals surface area (Å²) in [6.07, 6.45) is 5.13. The third-order valence-corrected chi connectivity index (χ3v) is 8.92. The van der Waals surface area contributed by atoms with Gasteiger partial charge in [0.2, 0.25) is 10.0 Å². The van der Waals surface area contributed by atoms with Gasteiger partial charge in [0.05, 0.1) is 7.11 Å². The first-order valence-electron chi connectivity index (χ1n) is 11.6. The summed E-state index contributed by atoms with van der Waals surface area (Å²) >= 11 is 0. The number of H-pyrrole nitrogens is 1. The zero-order chi connectivity index (χ0) is 23.9. The van der Waals surface area contributed by atoms with Crippen LogP contribution in [0.15, 0.2) is 47.5 Å². The van der Waals surface area contributed by atoms with Gasteiger partial charge in [0, 0.05) is 48.8 Å². The zero-order valence-corrected chi connectivity index (χ0v) is 19.9. The van der Waals surface area contributed by atoms with Gasteiger partial charge in [-0.05, 0) is 73.6 Å². The van der Waals surface area contributed by atoms with Gasteiger partial charge in [-0.2, -0.15) is 4.31 Å². The number of carbonyl (C=O) groups excluding carboxylic acids is 1. The maximum absolute atomic E-state index is 14.5. The van der Waals surface area contributed by atoms with Crippen LogP contribution in [0.2, 0.25) is 0 Å². The number of hydrogen-bond donors (Lipinski definition) is 1. The van der Waals surface area contributed by atoms with E-state index in [1.807, 2.05) is 24.4 Å². The second kappa shape index (κ2) is 9.03. The molecule has 5 rings (SSSR count). The molecule has 34 heavy (non-hydrogen) atoms. The largest absolute Gasteiger partial charge is 0.497 e. The molecule has 0 unspecified atom stereocenters. The van der Waals surface area contributed by atoms with Crippen LogP contribution in [0, 0.1) is 5.82 Å². The molecule has 0 aliphatic carbocycles. The molecule has 2 aliphatic rings. The van der Waals surface area contributed by atoms with E-state index in [4.69, 9.17) is 4.74 Å². The lowest BCUT2D eigenvalue weighted by molar-refractivity contribution is 0.0713. The summed E-state index contributed by atoms with van der Waals surface area (Å²) in [5, 5.41) is 1.12. The first-order chi connectivity index (χ1) is 16.4. The van der Waals surface area contributed by atoms with E-state index in [1.165, 1.54) is 22.0 Å². The fourth-order valence-electron chi connectivity index (χ4n) is 5.06. The van der Waals surface area contributed by atoms with E-state index in [9.17, 15) is 17.6 Å². The summed E-state index contributed by atoms with van der Waals surface area (Å²) in [5.74, 6) is 0.00929. The maximum atomic E-state index is 14.5. The number of hydrogen-bond acceptors (Lipinski definition) is 4. The predicted octanol–water partition coefficient (Wildman–Crippen LogP) is 4.12. The predicted molar refractivity (Wildman–Crippen MR) is 127 cm³/mol. The smallest absolute Gasteiger partial charge is 0.253 e. The maximum Gasteiger partial charge on any atom is 0.253 e. The third kappa shape index (κ3) is 4.07. The number of methoxy groups -OCH3 is 1. The fraction of sp³-hybridized carbons (Fsp3) is 0.400. The molecule has 1 aromatic heterocycles. The number of piperidine rings is 1. The molecule has 0 saturated carbocycles. The third-order valence-electron chi connectivity index (χ3n) is 7.00. The Morgan fingerprint density at radius 2 is 1.79 bits per heavy atom. The summed E-state index contributed by atoms with van der Waals surface area (Å²) in [4.78, 5) is 17.8. The van der Waals surface area contributed by atoms with Crippen LogP contribution in [-0.4, -0.2) is 61.8 Å². The molecule has 9 heteroatoms. The number of rotatable bonds is 5. The number of nitrogens with zero attached hydrogens (tertiary/aromatic N) is 2. The van der Waals surface area contributed by atoms with Gasteiger partial charge in [-0.15, -0.1) is 0 Å².